The van der Waals surface area contributed by atoms with E-state index in [2.05, 4.69) is 6.07 Å². The van der Waals surface area contributed by atoms with E-state index in [4.69, 9.17) is 10.00 Å². The zero-order valence-corrected chi connectivity index (χ0v) is 10.7. The van der Waals surface area contributed by atoms with Crippen molar-refractivity contribution in [1.29, 1.82) is 5.26 Å². The number of aromatic hydroxyl groups is 1. The molecule has 1 heterocycles. The molecule has 0 fully saturated rings. The van der Waals surface area contributed by atoms with Crippen LogP contribution in [0.1, 0.15) is 35.6 Å². The molecule has 1 aromatic carbocycles. The van der Waals surface area contributed by atoms with Gasteiger partial charge in [-0.2, -0.15) is 5.26 Å². The van der Waals surface area contributed by atoms with E-state index in [9.17, 15) is 5.11 Å². The van der Waals surface area contributed by atoms with Crippen LogP contribution in [0.15, 0.2) is 0 Å². The zero-order chi connectivity index (χ0) is 12.8. The summed E-state index contributed by atoms with van der Waals surface area (Å²) in [6, 6.07) is 2.17. The van der Waals surface area contributed by atoms with E-state index in [1.165, 1.54) is 0 Å². The van der Waals surface area contributed by atoms with Crippen molar-refractivity contribution in [2.45, 2.75) is 46.1 Å². The Kier molecular flexibility index (Phi) is 2.54. The minimum Gasteiger partial charge on any atom is -0.507 e. The van der Waals surface area contributed by atoms with Crippen LogP contribution in [0.2, 0.25) is 0 Å². The van der Waals surface area contributed by atoms with E-state index in [-0.39, 0.29) is 0 Å². The second kappa shape index (κ2) is 3.66. The average molecular weight is 231 g/mol. The van der Waals surface area contributed by atoms with Crippen LogP contribution in [0.5, 0.6) is 11.5 Å². The Bertz CT molecular complexity index is 489. The van der Waals surface area contributed by atoms with E-state index in [1.807, 2.05) is 27.7 Å². The summed E-state index contributed by atoms with van der Waals surface area (Å²) in [6.07, 6.45) is 1.05. The van der Waals surface area contributed by atoms with Crippen molar-refractivity contribution in [3.63, 3.8) is 0 Å². The first-order valence-corrected chi connectivity index (χ1v) is 5.77. The number of rotatable bonds is 1. The van der Waals surface area contributed by atoms with Crippen molar-refractivity contribution in [2.75, 3.05) is 0 Å². The molecule has 17 heavy (non-hydrogen) atoms. The number of nitrogens with zero attached hydrogens (tertiary/aromatic N) is 1. The lowest BCUT2D eigenvalue weighted by Crippen LogP contribution is -2.29. The van der Waals surface area contributed by atoms with E-state index in [0.29, 0.717) is 18.6 Å². The Balaban J connectivity index is 2.57. The van der Waals surface area contributed by atoms with Gasteiger partial charge in [-0.15, -0.1) is 0 Å². The van der Waals surface area contributed by atoms with Gasteiger partial charge < -0.3 is 9.84 Å². The molecule has 0 aromatic heterocycles. The molecule has 1 N–H and O–H groups in total. The lowest BCUT2D eigenvalue weighted by molar-refractivity contribution is 0.121. The minimum absolute atomic E-state index is 0.353. The number of phenols is 1. The molecule has 1 aliphatic rings. The zero-order valence-electron chi connectivity index (χ0n) is 10.7. The third-order valence-electron chi connectivity index (χ3n) is 3.69. The number of phenolic OH excluding ortho intramolecular Hbond substituents is 1. The van der Waals surface area contributed by atoms with Crippen LogP contribution >= 0.6 is 0 Å². The normalized spacial score (nSPS) is 21.8. The van der Waals surface area contributed by atoms with Gasteiger partial charge in [0.25, 0.3) is 0 Å². The molecule has 1 unspecified atom stereocenters. The Hall–Kier alpha value is -1.69. The second-order valence-electron chi connectivity index (χ2n) is 5.09. The number of benzene rings is 1. The molecule has 3 heteroatoms. The molecule has 90 valence electrons. The van der Waals surface area contributed by atoms with Gasteiger partial charge in [0.2, 0.25) is 0 Å². The third-order valence-corrected chi connectivity index (χ3v) is 3.69. The van der Waals surface area contributed by atoms with Gasteiger partial charge in [0.1, 0.15) is 17.1 Å². The van der Waals surface area contributed by atoms with Gasteiger partial charge in [-0.05, 0) is 44.4 Å². The Labute approximate surface area is 102 Å². The molecule has 2 rings (SSSR count). The minimum atomic E-state index is -0.452. The average Bonchev–Trinajstić information content (AvgIpc) is 2.62. The molecule has 0 aliphatic carbocycles. The number of hydrogen-bond donors (Lipinski definition) is 1. The predicted molar refractivity (Wildman–Crippen MR) is 65.3 cm³/mol. The van der Waals surface area contributed by atoms with Crippen molar-refractivity contribution < 1.29 is 9.84 Å². The molecule has 1 aliphatic heterocycles. The molecule has 3 nitrogen and oxygen atoms in total. The maximum atomic E-state index is 10.0. The number of ether oxygens (including phenoxy) is 1. The predicted octanol–water partition coefficient (Wildman–Crippen LogP) is 2.92. The van der Waals surface area contributed by atoms with E-state index >= 15 is 0 Å². The van der Waals surface area contributed by atoms with Crippen LogP contribution in [-0.4, -0.2) is 10.7 Å². The van der Waals surface area contributed by atoms with Crippen molar-refractivity contribution >= 4 is 0 Å². The highest BCUT2D eigenvalue weighted by Gasteiger charge is 2.37. The molecular formula is C14H17NO2. The van der Waals surface area contributed by atoms with Gasteiger partial charge in [0, 0.05) is 12.0 Å². The summed E-state index contributed by atoms with van der Waals surface area (Å²) in [7, 11) is 0. The van der Waals surface area contributed by atoms with Crippen LogP contribution in [0.3, 0.4) is 0 Å². The van der Waals surface area contributed by atoms with Gasteiger partial charge >= 0.3 is 0 Å². The van der Waals surface area contributed by atoms with Crippen molar-refractivity contribution in [1.82, 2.24) is 0 Å². The molecule has 0 radical (unpaired) electrons. The molecule has 0 saturated carbocycles. The molecule has 1 aromatic rings. The lowest BCUT2D eigenvalue weighted by atomic mass is 9.91. The first-order valence-electron chi connectivity index (χ1n) is 5.77. The van der Waals surface area contributed by atoms with Gasteiger partial charge in [0.05, 0.1) is 12.5 Å². The largest absolute Gasteiger partial charge is 0.507 e. The summed E-state index contributed by atoms with van der Waals surface area (Å²) in [5.74, 6) is 1.21. The summed E-state index contributed by atoms with van der Waals surface area (Å²) in [6.45, 7) is 7.69. The van der Waals surface area contributed by atoms with Gasteiger partial charge in [-0.3, -0.25) is 0 Å². The highest BCUT2D eigenvalue weighted by atomic mass is 16.5. The van der Waals surface area contributed by atoms with Crippen LogP contribution < -0.4 is 4.74 Å². The third kappa shape index (κ3) is 1.64. The van der Waals surface area contributed by atoms with Gasteiger partial charge in [-0.25, -0.2) is 0 Å². The smallest absolute Gasteiger partial charge is 0.127 e. The highest BCUT2D eigenvalue weighted by Crippen LogP contribution is 2.45. The van der Waals surface area contributed by atoms with Crippen LogP contribution in [0.25, 0.3) is 0 Å². The fourth-order valence-electron chi connectivity index (χ4n) is 2.44. The van der Waals surface area contributed by atoms with E-state index < -0.39 is 5.60 Å². The Morgan fingerprint density at radius 2 is 1.94 bits per heavy atom. The van der Waals surface area contributed by atoms with Crippen LogP contribution in [-0.2, 0) is 6.42 Å². The molecule has 0 saturated heterocycles. The fourth-order valence-corrected chi connectivity index (χ4v) is 2.44. The highest BCUT2D eigenvalue weighted by molar-refractivity contribution is 5.59. The van der Waals surface area contributed by atoms with Gasteiger partial charge in [-0.1, -0.05) is 0 Å². The maximum Gasteiger partial charge on any atom is 0.127 e. The Morgan fingerprint density at radius 3 is 2.53 bits per heavy atom. The van der Waals surface area contributed by atoms with Crippen molar-refractivity contribution in [2.24, 2.45) is 0 Å². The summed E-state index contributed by atoms with van der Waals surface area (Å²) >= 11 is 0. The standard InChI is InChI=1S/C14H17NO2/c1-8-9(2)13-11(10(3)12(8)16)7-14(4,17-13)5-6-15/h16H,5,7H2,1-4H3. The molecule has 0 bridgehead atoms. The second-order valence-corrected chi connectivity index (χ2v) is 5.09. The van der Waals surface area contributed by atoms with E-state index in [1.54, 1.807) is 0 Å². The van der Waals surface area contributed by atoms with Gasteiger partial charge in [0.15, 0.2) is 0 Å². The molecule has 1 atom stereocenters. The van der Waals surface area contributed by atoms with Crippen molar-refractivity contribution in [3.8, 4) is 17.6 Å². The number of hydrogen-bond acceptors (Lipinski definition) is 3. The monoisotopic (exact) mass is 231 g/mol. The van der Waals surface area contributed by atoms with E-state index in [0.717, 1.165) is 28.0 Å². The summed E-state index contributed by atoms with van der Waals surface area (Å²) < 4.78 is 5.95. The first kappa shape index (κ1) is 11.8. The number of fused-ring (bicyclic) bond motifs is 1. The maximum absolute atomic E-state index is 10.0. The lowest BCUT2D eigenvalue weighted by Gasteiger charge is -2.20. The topological polar surface area (TPSA) is 53.2 Å². The summed E-state index contributed by atoms with van der Waals surface area (Å²) in [4.78, 5) is 0. The van der Waals surface area contributed by atoms with Crippen molar-refractivity contribution in [3.05, 3.63) is 22.3 Å². The molecular weight excluding hydrogens is 214 g/mol. The summed E-state index contributed by atoms with van der Waals surface area (Å²) in [5.41, 5.74) is 3.31. The number of nitriles is 1. The Morgan fingerprint density at radius 1 is 1.29 bits per heavy atom. The first-order chi connectivity index (χ1) is 7.89. The summed E-state index contributed by atoms with van der Waals surface area (Å²) in [5, 5.41) is 18.9. The van der Waals surface area contributed by atoms with Crippen LogP contribution in [0, 0.1) is 32.1 Å². The SMILES string of the molecule is Cc1c(C)c2c(c(C)c1O)CC(C)(CC#N)O2. The van der Waals surface area contributed by atoms with Crippen LogP contribution in [0.4, 0.5) is 0 Å². The fraction of sp³-hybridized carbons (Fsp3) is 0.500. The molecule has 0 amide bonds. The molecule has 0 spiro atoms. The quantitative estimate of drug-likeness (QED) is 0.808.